The standard InChI is InChI=1S/C19H18Cl2F3N3O/c20-14-2-1-3-15(11-14)27-8-6-26(7-9-27)12-18(28)25-17-10-13(19(22,23)24)4-5-16(17)21/h1-5,10-11H,6-9,12H2,(H,25,28)/p+1. The number of halogens is 5. The van der Waals surface area contributed by atoms with Crippen molar-refractivity contribution in [1.29, 1.82) is 0 Å². The summed E-state index contributed by atoms with van der Waals surface area (Å²) < 4.78 is 38.5. The van der Waals surface area contributed by atoms with Crippen LogP contribution in [0, 0.1) is 0 Å². The Kier molecular flexibility index (Phi) is 6.37. The smallest absolute Gasteiger partial charge is 0.360 e. The van der Waals surface area contributed by atoms with Crippen LogP contribution in [0.4, 0.5) is 24.5 Å². The SMILES string of the molecule is O=C(C[NH+]1CCN(c2cccc(Cl)c2)CC1)Nc1cc(C(F)(F)F)ccc1Cl. The molecule has 1 aliphatic heterocycles. The normalized spacial score (nSPS) is 15.5. The molecule has 1 amide bonds. The molecule has 2 aromatic rings. The number of carbonyl (C=O) groups is 1. The molecule has 0 saturated carbocycles. The molecule has 1 aliphatic rings. The van der Waals surface area contributed by atoms with Crippen molar-refractivity contribution in [3.8, 4) is 0 Å². The lowest BCUT2D eigenvalue weighted by Gasteiger charge is -2.33. The van der Waals surface area contributed by atoms with Gasteiger partial charge in [-0.1, -0.05) is 29.3 Å². The third-order valence-corrected chi connectivity index (χ3v) is 5.19. The first-order valence-electron chi connectivity index (χ1n) is 8.73. The highest BCUT2D eigenvalue weighted by molar-refractivity contribution is 6.33. The van der Waals surface area contributed by atoms with E-state index < -0.39 is 11.7 Å². The molecule has 28 heavy (non-hydrogen) atoms. The van der Waals surface area contributed by atoms with E-state index >= 15 is 0 Å². The Labute approximate surface area is 170 Å². The number of nitrogens with one attached hydrogen (secondary N) is 2. The minimum atomic E-state index is -4.49. The predicted molar refractivity (Wildman–Crippen MR) is 104 cm³/mol. The summed E-state index contributed by atoms with van der Waals surface area (Å²) in [6.07, 6.45) is -4.49. The number of piperazine rings is 1. The lowest BCUT2D eigenvalue weighted by molar-refractivity contribution is -0.892. The Balaban J connectivity index is 1.55. The van der Waals surface area contributed by atoms with Crippen LogP contribution in [0.2, 0.25) is 10.0 Å². The fraction of sp³-hybridized carbons (Fsp3) is 0.316. The van der Waals surface area contributed by atoms with E-state index in [2.05, 4.69) is 10.2 Å². The van der Waals surface area contributed by atoms with Crippen LogP contribution in [0.1, 0.15) is 5.56 Å². The third-order valence-electron chi connectivity index (χ3n) is 4.62. The summed E-state index contributed by atoms with van der Waals surface area (Å²) in [4.78, 5) is 15.5. The van der Waals surface area contributed by atoms with Crippen LogP contribution >= 0.6 is 23.2 Å². The minimum Gasteiger partial charge on any atom is -0.360 e. The number of rotatable bonds is 4. The van der Waals surface area contributed by atoms with E-state index in [9.17, 15) is 18.0 Å². The van der Waals surface area contributed by atoms with Crippen LogP contribution in [-0.4, -0.2) is 38.6 Å². The summed E-state index contributed by atoms with van der Waals surface area (Å²) in [5.41, 5.74) is 0.153. The van der Waals surface area contributed by atoms with Gasteiger partial charge in [-0.15, -0.1) is 0 Å². The molecular weight excluding hydrogens is 414 g/mol. The van der Waals surface area contributed by atoms with Crippen molar-refractivity contribution in [2.45, 2.75) is 6.18 Å². The zero-order chi connectivity index (χ0) is 20.3. The van der Waals surface area contributed by atoms with E-state index in [1.54, 1.807) is 0 Å². The Morgan fingerprint density at radius 2 is 1.82 bits per heavy atom. The maximum absolute atomic E-state index is 12.8. The Morgan fingerprint density at radius 3 is 2.46 bits per heavy atom. The highest BCUT2D eigenvalue weighted by atomic mass is 35.5. The molecule has 0 bridgehead atoms. The Hall–Kier alpha value is -1.96. The number of quaternary nitrogens is 1. The second-order valence-corrected chi connectivity index (χ2v) is 7.48. The van der Waals surface area contributed by atoms with Gasteiger partial charge in [-0.2, -0.15) is 13.2 Å². The van der Waals surface area contributed by atoms with E-state index in [1.165, 1.54) is 0 Å². The highest BCUT2D eigenvalue weighted by Crippen LogP contribution is 2.33. The van der Waals surface area contributed by atoms with Crippen LogP contribution in [0.15, 0.2) is 42.5 Å². The lowest BCUT2D eigenvalue weighted by Crippen LogP contribution is -3.15. The summed E-state index contributed by atoms with van der Waals surface area (Å²) in [6, 6.07) is 10.5. The van der Waals surface area contributed by atoms with Crippen LogP contribution in [0.3, 0.4) is 0 Å². The maximum atomic E-state index is 12.8. The molecule has 0 radical (unpaired) electrons. The van der Waals surface area contributed by atoms with Crippen LogP contribution < -0.4 is 15.1 Å². The topological polar surface area (TPSA) is 36.8 Å². The van der Waals surface area contributed by atoms with Gasteiger partial charge in [-0.05, 0) is 36.4 Å². The largest absolute Gasteiger partial charge is 0.416 e. The number of hydrogen-bond donors (Lipinski definition) is 2. The summed E-state index contributed by atoms with van der Waals surface area (Å²) >= 11 is 12.0. The van der Waals surface area contributed by atoms with Gasteiger partial charge in [-0.3, -0.25) is 4.79 Å². The monoisotopic (exact) mass is 432 g/mol. The van der Waals surface area contributed by atoms with E-state index in [0.29, 0.717) is 5.02 Å². The second kappa shape index (κ2) is 8.59. The molecule has 9 heteroatoms. The number of carbonyl (C=O) groups excluding carboxylic acids is 1. The summed E-state index contributed by atoms with van der Waals surface area (Å²) in [5.74, 6) is -0.368. The summed E-state index contributed by atoms with van der Waals surface area (Å²) in [5, 5.41) is 3.24. The first-order chi connectivity index (χ1) is 13.2. The first-order valence-corrected chi connectivity index (χ1v) is 9.48. The number of benzene rings is 2. The van der Waals surface area contributed by atoms with Crippen LogP contribution in [-0.2, 0) is 11.0 Å². The van der Waals surface area contributed by atoms with Crippen molar-refractivity contribution in [3.63, 3.8) is 0 Å². The van der Waals surface area contributed by atoms with Crippen LogP contribution in [0.5, 0.6) is 0 Å². The molecule has 0 aliphatic carbocycles. The molecule has 2 N–H and O–H groups in total. The average molecular weight is 433 g/mol. The molecule has 0 aromatic heterocycles. The van der Waals surface area contributed by atoms with Crippen molar-refractivity contribution in [2.24, 2.45) is 0 Å². The van der Waals surface area contributed by atoms with Gasteiger partial charge in [-0.25, -0.2) is 0 Å². The van der Waals surface area contributed by atoms with Gasteiger partial charge in [0.15, 0.2) is 6.54 Å². The molecule has 3 rings (SSSR count). The van der Waals surface area contributed by atoms with Crippen LogP contribution in [0.25, 0.3) is 0 Å². The zero-order valence-corrected chi connectivity index (χ0v) is 16.3. The molecule has 2 aromatic carbocycles. The number of nitrogens with zero attached hydrogens (tertiary/aromatic N) is 1. The quantitative estimate of drug-likeness (QED) is 0.776. The summed E-state index contributed by atoms with van der Waals surface area (Å²) in [6.45, 7) is 3.14. The van der Waals surface area contributed by atoms with E-state index in [-0.39, 0.29) is 23.2 Å². The van der Waals surface area contributed by atoms with Gasteiger partial charge in [0.05, 0.1) is 42.5 Å². The molecule has 150 valence electrons. The Morgan fingerprint density at radius 1 is 1.11 bits per heavy atom. The fourth-order valence-electron chi connectivity index (χ4n) is 3.15. The van der Waals surface area contributed by atoms with Crippen molar-refractivity contribution >= 4 is 40.5 Å². The maximum Gasteiger partial charge on any atom is 0.416 e. The van der Waals surface area contributed by atoms with Gasteiger partial charge >= 0.3 is 6.18 Å². The molecule has 1 fully saturated rings. The predicted octanol–water partition coefficient (Wildman–Crippen LogP) is 3.36. The molecule has 0 spiro atoms. The number of hydrogen-bond acceptors (Lipinski definition) is 2. The zero-order valence-electron chi connectivity index (χ0n) is 14.8. The molecule has 0 atom stereocenters. The van der Waals surface area contributed by atoms with Crippen molar-refractivity contribution in [3.05, 3.63) is 58.1 Å². The van der Waals surface area contributed by atoms with E-state index in [0.717, 1.165) is 55.0 Å². The van der Waals surface area contributed by atoms with E-state index in [1.807, 2.05) is 24.3 Å². The first kappa shape index (κ1) is 20.8. The lowest BCUT2D eigenvalue weighted by atomic mass is 10.2. The van der Waals surface area contributed by atoms with Gasteiger partial charge in [0.25, 0.3) is 5.91 Å². The second-order valence-electron chi connectivity index (χ2n) is 6.63. The van der Waals surface area contributed by atoms with Crippen molar-refractivity contribution in [2.75, 3.05) is 42.9 Å². The molecule has 1 heterocycles. The number of anilines is 2. The van der Waals surface area contributed by atoms with Gasteiger partial charge in [0.2, 0.25) is 0 Å². The molecular formula is C19H19Cl2F3N3O+. The van der Waals surface area contributed by atoms with Gasteiger partial charge in [0, 0.05) is 10.7 Å². The number of alkyl halides is 3. The molecule has 1 saturated heterocycles. The van der Waals surface area contributed by atoms with E-state index in [4.69, 9.17) is 23.2 Å². The number of amides is 1. The summed E-state index contributed by atoms with van der Waals surface area (Å²) in [7, 11) is 0. The van der Waals surface area contributed by atoms with Gasteiger partial charge in [0.1, 0.15) is 0 Å². The Bertz CT molecular complexity index is 853. The molecule has 0 unspecified atom stereocenters. The van der Waals surface area contributed by atoms with Gasteiger partial charge < -0.3 is 15.1 Å². The highest BCUT2D eigenvalue weighted by Gasteiger charge is 2.31. The fourth-order valence-corrected chi connectivity index (χ4v) is 3.50. The van der Waals surface area contributed by atoms with Crippen molar-refractivity contribution in [1.82, 2.24) is 0 Å². The minimum absolute atomic E-state index is 0.0292. The van der Waals surface area contributed by atoms with Crippen molar-refractivity contribution < 1.29 is 22.9 Å². The average Bonchev–Trinajstić information content (AvgIpc) is 2.63. The molecule has 4 nitrogen and oxygen atoms in total. The third kappa shape index (κ3) is 5.31.